The van der Waals surface area contributed by atoms with Crippen LogP contribution in [0.2, 0.25) is 0 Å². The van der Waals surface area contributed by atoms with E-state index < -0.39 is 0 Å². The van der Waals surface area contributed by atoms with Crippen LogP contribution in [0.1, 0.15) is 36.8 Å². The van der Waals surface area contributed by atoms with Gasteiger partial charge >= 0.3 is 0 Å². The lowest BCUT2D eigenvalue weighted by Gasteiger charge is -2.23. The van der Waals surface area contributed by atoms with Gasteiger partial charge in [0.1, 0.15) is 11.5 Å². The molecule has 24 heavy (non-hydrogen) atoms. The molecule has 0 fully saturated rings. The Morgan fingerprint density at radius 3 is 2.25 bits per heavy atom. The van der Waals surface area contributed by atoms with Gasteiger partial charge in [-0.2, -0.15) is 0 Å². The predicted octanol–water partition coefficient (Wildman–Crippen LogP) is 4.62. The van der Waals surface area contributed by atoms with Crippen molar-refractivity contribution >= 4 is 11.4 Å². The zero-order valence-electron chi connectivity index (χ0n) is 14.1. The summed E-state index contributed by atoms with van der Waals surface area (Å²) in [6.45, 7) is 2.62. The summed E-state index contributed by atoms with van der Waals surface area (Å²) in [6.07, 6.45) is 3.22. The van der Waals surface area contributed by atoms with Crippen LogP contribution in [-0.2, 0) is 4.79 Å². The van der Waals surface area contributed by atoms with Gasteiger partial charge in [-0.3, -0.25) is 4.79 Å². The van der Waals surface area contributed by atoms with Gasteiger partial charge in [-0.1, -0.05) is 24.3 Å². The van der Waals surface area contributed by atoms with Crippen LogP contribution < -0.4 is 9.47 Å². The fourth-order valence-electron chi connectivity index (χ4n) is 3.14. The van der Waals surface area contributed by atoms with E-state index in [1.165, 1.54) is 5.56 Å². The standard InChI is InChI=1S/C21H22O3/c1-3-24-21-10-6-16(7-11-21)18-12-17(13-19(22)14-18)15-4-8-20(23-2)9-5-15/h4-11,14,17H,3,12-13H2,1-2H3/t17-/m1/s1. The van der Waals surface area contributed by atoms with E-state index in [0.717, 1.165) is 29.1 Å². The largest absolute Gasteiger partial charge is 0.497 e. The van der Waals surface area contributed by atoms with Crippen LogP contribution in [0.4, 0.5) is 0 Å². The molecule has 0 spiro atoms. The Morgan fingerprint density at radius 1 is 0.958 bits per heavy atom. The Kier molecular flexibility index (Phi) is 4.99. The van der Waals surface area contributed by atoms with E-state index >= 15 is 0 Å². The second-order valence-electron chi connectivity index (χ2n) is 5.97. The average Bonchev–Trinajstić information content (AvgIpc) is 2.62. The number of ketones is 1. The fraction of sp³-hybridized carbons (Fsp3) is 0.286. The number of rotatable bonds is 5. The number of carbonyl (C=O) groups is 1. The second kappa shape index (κ2) is 7.35. The molecule has 0 unspecified atom stereocenters. The van der Waals surface area contributed by atoms with Crippen molar-refractivity contribution in [1.82, 2.24) is 0 Å². The molecular weight excluding hydrogens is 300 g/mol. The number of hydrogen-bond donors (Lipinski definition) is 0. The van der Waals surface area contributed by atoms with Crippen LogP contribution in [0, 0.1) is 0 Å². The summed E-state index contributed by atoms with van der Waals surface area (Å²) in [5.41, 5.74) is 3.36. The Labute approximate surface area is 142 Å². The molecule has 0 amide bonds. The SMILES string of the molecule is CCOc1ccc(C2=CC(=O)C[C@H](c3ccc(OC)cc3)C2)cc1. The summed E-state index contributed by atoms with van der Waals surface area (Å²) in [5, 5.41) is 0. The number of hydrogen-bond acceptors (Lipinski definition) is 3. The molecule has 1 atom stereocenters. The second-order valence-corrected chi connectivity index (χ2v) is 5.97. The van der Waals surface area contributed by atoms with Gasteiger partial charge in [0.2, 0.25) is 0 Å². The maximum atomic E-state index is 12.2. The van der Waals surface area contributed by atoms with Crippen molar-refractivity contribution in [2.24, 2.45) is 0 Å². The maximum Gasteiger partial charge on any atom is 0.156 e. The Balaban J connectivity index is 1.80. The van der Waals surface area contributed by atoms with Crippen LogP contribution in [0.5, 0.6) is 11.5 Å². The zero-order valence-corrected chi connectivity index (χ0v) is 14.1. The molecule has 0 bridgehead atoms. The summed E-state index contributed by atoms with van der Waals surface area (Å²) in [5.74, 6) is 2.10. The van der Waals surface area contributed by atoms with Crippen molar-refractivity contribution in [3.05, 3.63) is 65.7 Å². The molecule has 0 saturated carbocycles. The van der Waals surface area contributed by atoms with Gasteiger partial charge < -0.3 is 9.47 Å². The zero-order chi connectivity index (χ0) is 16.9. The third-order valence-corrected chi connectivity index (χ3v) is 4.37. The molecule has 0 heterocycles. The number of methoxy groups -OCH3 is 1. The molecule has 0 N–H and O–H groups in total. The summed E-state index contributed by atoms with van der Waals surface area (Å²) in [6, 6.07) is 16.0. The number of allylic oxidation sites excluding steroid dienone is 2. The lowest BCUT2D eigenvalue weighted by molar-refractivity contribution is -0.115. The molecule has 124 valence electrons. The molecule has 3 rings (SSSR count). The van der Waals surface area contributed by atoms with Crippen molar-refractivity contribution in [3.63, 3.8) is 0 Å². The van der Waals surface area contributed by atoms with Gasteiger partial charge in [-0.15, -0.1) is 0 Å². The molecule has 0 radical (unpaired) electrons. The summed E-state index contributed by atoms with van der Waals surface area (Å²) in [4.78, 5) is 12.2. The minimum atomic E-state index is 0.186. The van der Waals surface area contributed by atoms with E-state index in [-0.39, 0.29) is 11.7 Å². The van der Waals surface area contributed by atoms with Crippen LogP contribution in [-0.4, -0.2) is 19.5 Å². The molecule has 0 aliphatic heterocycles. The van der Waals surface area contributed by atoms with Crippen LogP contribution >= 0.6 is 0 Å². The van der Waals surface area contributed by atoms with Crippen molar-refractivity contribution in [2.45, 2.75) is 25.7 Å². The number of ether oxygens (including phenoxy) is 2. The highest BCUT2D eigenvalue weighted by Crippen LogP contribution is 2.36. The summed E-state index contributed by atoms with van der Waals surface area (Å²) in [7, 11) is 1.66. The fourth-order valence-corrected chi connectivity index (χ4v) is 3.14. The van der Waals surface area contributed by atoms with Gasteiger partial charge in [0, 0.05) is 6.42 Å². The lowest BCUT2D eigenvalue weighted by atomic mass is 9.81. The smallest absolute Gasteiger partial charge is 0.156 e. The molecule has 2 aromatic carbocycles. The molecular formula is C21H22O3. The summed E-state index contributed by atoms with van der Waals surface area (Å²) < 4.78 is 10.7. The van der Waals surface area contributed by atoms with Gasteiger partial charge in [-0.25, -0.2) is 0 Å². The first-order valence-electron chi connectivity index (χ1n) is 8.30. The van der Waals surface area contributed by atoms with Crippen molar-refractivity contribution in [2.75, 3.05) is 13.7 Å². The van der Waals surface area contributed by atoms with Gasteiger partial charge in [0.15, 0.2) is 5.78 Å². The summed E-state index contributed by atoms with van der Waals surface area (Å²) >= 11 is 0. The number of carbonyl (C=O) groups excluding carboxylic acids is 1. The normalized spacial score (nSPS) is 17.3. The number of benzene rings is 2. The van der Waals surface area contributed by atoms with E-state index in [2.05, 4.69) is 12.1 Å². The minimum absolute atomic E-state index is 0.186. The van der Waals surface area contributed by atoms with Crippen molar-refractivity contribution in [1.29, 1.82) is 0 Å². The highest BCUT2D eigenvalue weighted by molar-refractivity contribution is 5.99. The topological polar surface area (TPSA) is 35.5 Å². The van der Waals surface area contributed by atoms with Gasteiger partial charge in [-0.05, 0) is 66.3 Å². The Morgan fingerprint density at radius 2 is 1.62 bits per heavy atom. The van der Waals surface area contributed by atoms with E-state index in [1.807, 2.05) is 43.3 Å². The minimum Gasteiger partial charge on any atom is -0.497 e. The molecule has 2 aromatic rings. The van der Waals surface area contributed by atoms with Crippen LogP contribution in [0.3, 0.4) is 0 Å². The van der Waals surface area contributed by atoms with E-state index in [0.29, 0.717) is 13.0 Å². The quantitative estimate of drug-likeness (QED) is 0.805. The molecule has 0 saturated heterocycles. The van der Waals surface area contributed by atoms with Gasteiger partial charge in [0.25, 0.3) is 0 Å². The predicted molar refractivity (Wildman–Crippen MR) is 95.6 cm³/mol. The van der Waals surface area contributed by atoms with E-state index in [1.54, 1.807) is 13.2 Å². The monoisotopic (exact) mass is 322 g/mol. The lowest BCUT2D eigenvalue weighted by Crippen LogP contribution is -2.12. The van der Waals surface area contributed by atoms with E-state index in [4.69, 9.17) is 9.47 Å². The Hall–Kier alpha value is -2.55. The third kappa shape index (κ3) is 3.67. The first-order valence-corrected chi connectivity index (χ1v) is 8.30. The maximum absolute atomic E-state index is 12.2. The first kappa shape index (κ1) is 16.3. The molecule has 0 aromatic heterocycles. The van der Waals surface area contributed by atoms with Crippen LogP contribution in [0.15, 0.2) is 54.6 Å². The van der Waals surface area contributed by atoms with Crippen LogP contribution in [0.25, 0.3) is 5.57 Å². The Bertz CT molecular complexity index is 727. The van der Waals surface area contributed by atoms with Crippen molar-refractivity contribution < 1.29 is 14.3 Å². The third-order valence-electron chi connectivity index (χ3n) is 4.37. The molecule has 3 nitrogen and oxygen atoms in total. The molecule has 1 aliphatic carbocycles. The highest BCUT2D eigenvalue weighted by atomic mass is 16.5. The van der Waals surface area contributed by atoms with E-state index in [9.17, 15) is 4.79 Å². The first-order chi connectivity index (χ1) is 11.7. The molecule has 3 heteroatoms. The van der Waals surface area contributed by atoms with Crippen molar-refractivity contribution in [3.8, 4) is 11.5 Å². The molecule has 1 aliphatic rings. The average molecular weight is 322 g/mol. The van der Waals surface area contributed by atoms with Gasteiger partial charge in [0.05, 0.1) is 13.7 Å². The highest BCUT2D eigenvalue weighted by Gasteiger charge is 2.23.